The van der Waals surface area contributed by atoms with E-state index < -0.39 is 0 Å². The summed E-state index contributed by atoms with van der Waals surface area (Å²) in [7, 11) is 0. The molecule has 0 aliphatic heterocycles. The minimum Gasteiger partial charge on any atom is -0.409 e. The highest BCUT2D eigenvalue weighted by atomic mass is 32.1. The maximum Gasteiger partial charge on any atom is 0.227 e. The molecule has 0 bridgehead atoms. The number of carbonyl (C=O) groups excluding carboxylic acids is 1. The molecular weight excluding hydrogens is 228 g/mol. The Labute approximate surface area is 97.2 Å². The summed E-state index contributed by atoms with van der Waals surface area (Å²) >= 11 is 1.55. The molecular formula is C9H14N4O2S. The first-order valence-corrected chi connectivity index (χ1v) is 5.64. The SMILES string of the molecule is CC(CNC(=O)C/C(N)=N/O)c1nccs1. The van der Waals surface area contributed by atoms with Gasteiger partial charge in [0.15, 0.2) is 0 Å². The lowest BCUT2D eigenvalue weighted by Crippen LogP contribution is -2.31. The van der Waals surface area contributed by atoms with E-state index >= 15 is 0 Å². The van der Waals surface area contributed by atoms with Gasteiger partial charge in [0.1, 0.15) is 5.84 Å². The summed E-state index contributed by atoms with van der Waals surface area (Å²) in [4.78, 5) is 15.4. The number of amides is 1. The van der Waals surface area contributed by atoms with Gasteiger partial charge in [0.05, 0.1) is 11.4 Å². The van der Waals surface area contributed by atoms with Crippen molar-refractivity contribution in [2.45, 2.75) is 19.3 Å². The van der Waals surface area contributed by atoms with Crippen LogP contribution in [-0.4, -0.2) is 28.5 Å². The van der Waals surface area contributed by atoms with E-state index in [4.69, 9.17) is 10.9 Å². The molecule has 1 heterocycles. The third kappa shape index (κ3) is 3.85. The van der Waals surface area contributed by atoms with E-state index in [0.29, 0.717) is 6.54 Å². The van der Waals surface area contributed by atoms with Crippen molar-refractivity contribution < 1.29 is 10.0 Å². The lowest BCUT2D eigenvalue weighted by Gasteiger charge is -2.09. The van der Waals surface area contributed by atoms with Crippen LogP contribution in [0.5, 0.6) is 0 Å². The molecule has 4 N–H and O–H groups in total. The number of oxime groups is 1. The van der Waals surface area contributed by atoms with Crippen LogP contribution in [0.3, 0.4) is 0 Å². The van der Waals surface area contributed by atoms with E-state index in [-0.39, 0.29) is 24.1 Å². The molecule has 1 atom stereocenters. The van der Waals surface area contributed by atoms with Crippen molar-refractivity contribution in [2.24, 2.45) is 10.9 Å². The number of hydrogen-bond acceptors (Lipinski definition) is 5. The van der Waals surface area contributed by atoms with E-state index in [1.54, 1.807) is 17.5 Å². The molecule has 0 aliphatic rings. The number of amidine groups is 1. The second-order valence-electron chi connectivity index (χ2n) is 3.34. The van der Waals surface area contributed by atoms with Gasteiger partial charge >= 0.3 is 0 Å². The van der Waals surface area contributed by atoms with Crippen molar-refractivity contribution >= 4 is 23.1 Å². The average Bonchev–Trinajstić information content (AvgIpc) is 2.79. The molecule has 0 spiro atoms. The maximum atomic E-state index is 11.3. The van der Waals surface area contributed by atoms with Crippen molar-refractivity contribution in [3.05, 3.63) is 16.6 Å². The standard InChI is InChI=1S/C9H14N4O2S/c1-6(9-11-2-3-16-9)5-12-8(14)4-7(10)13-15/h2-3,6,15H,4-5H2,1H3,(H2,10,13)(H,12,14). The molecule has 1 aromatic rings. The molecule has 7 heteroatoms. The smallest absolute Gasteiger partial charge is 0.227 e. The number of nitrogens with two attached hydrogens (primary N) is 1. The Bertz CT molecular complexity index is 364. The van der Waals surface area contributed by atoms with Crippen molar-refractivity contribution in [1.29, 1.82) is 0 Å². The summed E-state index contributed by atoms with van der Waals surface area (Å²) in [5.41, 5.74) is 5.20. The minimum atomic E-state index is -0.265. The van der Waals surface area contributed by atoms with Crippen molar-refractivity contribution in [3.63, 3.8) is 0 Å². The molecule has 1 aromatic heterocycles. The van der Waals surface area contributed by atoms with Crippen molar-refractivity contribution in [2.75, 3.05) is 6.54 Å². The fourth-order valence-corrected chi connectivity index (χ4v) is 1.79. The van der Waals surface area contributed by atoms with Crippen LogP contribution in [0.1, 0.15) is 24.3 Å². The molecule has 0 fully saturated rings. The summed E-state index contributed by atoms with van der Waals surface area (Å²) in [5.74, 6) is -0.200. The second-order valence-corrected chi connectivity index (χ2v) is 4.27. The number of hydrogen-bond donors (Lipinski definition) is 3. The number of carbonyl (C=O) groups is 1. The molecule has 0 aromatic carbocycles. The third-order valence-corrected chi connectivity index (χ3v) is 2.96. The monoisotopic (exact) mass is 242 g/mol. The van der Waals surface area contributed by atoms with Crippen molar-refractivity contribution in [3.8, 4) is 0 Å². The van der Waals surface area contributed by atoms with E-state index in [9.17, 15) is 4.79 Å². The zero-order chi connectivity index (χ0) is 12.0. The van der Waals surface area contributed by atoms with Gasteiger partial charge in [-0.05, 0) is 0 Å². The van der Waals surface area contributed by atoms with Crippen LogP contribution in [0.15, 0.2) is 16.7 Å². The molecule has 0 aliphatic carbocycles. The van der Waals surface area contributed by atoms with Crippen LogP contribution in [0.2, 0.25) is 0 Å². The van der Waals surface area contributed by atoms with Gasteiger partial charge in [0.25, 0.3) is 0 Å². The van der Waals surface area contributed by atoms with Gasteiger partial charge in [-0.3, -0.25) is 4.79 Å². The van der Waals surface area contributed by atoms with Gasteiger partial charge in [0, 0.05) is 24.0 Å². The van der Waals surface area contributed by atoms with E-state index in [0.717, 1.165) is 5.01 Å². The van der Waals surface area contributed by atoms with Gasteiger partial charge in [-0.2, -0.15) is 0 Å². The summed E-state index contributed by atoms with van der Waals surface area (Å²) in [6, 6.07) is 0. The predicted octanol–water partition coefficient (Wildman–Crippen LogP) is 0.499. The number of rotatable bonds is 5. The average molecular weight is 242 g/mol. The Morgan fingerprint density at radius 3 is 3.12 bits per heavy atom. The molecule has 88 valence electrons. The van der Waals surface area contributed by atoms with E-state index in [1.165, 1.54) is 0 Å². The first-order valence-electron chi connectivity index (χ1n) is 4.76. The first-order chi connectivity index (χ1) is 7.63. The van der Waals surface area contributed by atoms with Crippen LogP contribution in [0.4, 0.5) is 0 Å². The fourth-order valence-electron chi connectivity index (χ4n) is 1.09. The number of aromatic nitrogens is 1. The highest BCUT2D eigenvalue weighted by Crippen LogP contribution is 2.16. The molecule has 1 unspecified atom stereocenters. The summed E-state index contributed by atoms with van der Waals surface area (Å²) < 4.78 is 0. The molecule has 0 radical (unpaired) electrons. The Hall–Kier alpha value is -1.63. The number of nitrogens with one attached hydrogen (secondary N) is 1. The van der Waals surface area contributed by atoms with Gasteiger partial charge < -0.3 is 16.3 Å². The van der Waals surface area contributed by atoms with Gasteiger partial charge in [-0.15, -0.1) is 11.3 Å². The second kappa shape index (κ2) is 6.06. The lowest BCUT2D eigenvalue weighted by atomic mass is 10.2. The van der Waals surface area contributed by atoms with E-state index in [2.05, 4.69) is 15.5 Å². The third-order valence-electron chi connectivity index (χ3n) is 1.95. The van der Waals surface area contributed by atoms with Gasteiger partial charge in [0.2, 0.25) is 5.91 Å². The molecule has 0 saturated carbocycles. The van der Waals surface area contributed by atoms with Gasteiger partial charge in [-0.25, -0.2) is 4.98 Å². The molecule has 16 heavy (non-hydrogen) atoms. The highest BCUT2D eigenvalue weighted by molar-refractivity contribution is 7.09. The zero-order valence-electron chi connectivity index (χ0n) is 8.88. The topological polar surface area (TPSA) is 101 Å². The first kappa shape index (κ1) is 12.4. The molecule has 1 amide bonds. The number of thiazole rings is 1. The molecule has 6 nitrogen and oxygen atoms in total. The highest BCUT2D eigenvalue weighted by Gasteiger charge is 2.10. The largest absolute Gasteiger partial charge is 0.409 e. The quantitative estimate of drug-likeness (QED) is 0.303. The van der Waals surface area contributed by atoms with Crippen LogP contribution >= 0.6 is 11.3 Å². The lowest BCUT2D eigenvalue weighted by molar-refractivity contribution is -0.120. The summed E-state index contributed by atoms with van der Waals surface area (Å²) in [5, 5.41) is 16.6. The summed E-state index contributed by atoms with van der Waals surface area (Å²) in [6.07, 6.45) is 1.63. The molecule has 0 saturated heterocycles. The van der Waals surface area contributed by atoms with Gasteiger partial charge in [-0.1, -0.05) is 12.1 Å². The number of nitrogens with zero attached hydrogens (tertiary/aromatic N) is 2. The van der Waals surface area contributed by atoms with Crippen molar-refractivity contribution in [1.82, 2.24) is 10.3 Å². The normalized spacial score (nSPS) is 13.4. The minimum absolute atomic E-state index is 0.0961. The van der Waals surface area contributed by atoms with Crippen LogP contribution in [-0.2, 0) is 4.79 Å². The Morgan fingerprint density at radius 1 is 1.81 bits per heavy atom. The predicted molar refractivity (Wildman–Crippen MR) is 61.6 cm³/mol. The molecule has 1 rings (SSSR count). The Morgan fingerprint density at radius 2 is 2.56 bits per heavy atom. The fraction of sp³-hybridized carbons (Fsp3) is 0.444. The summed E-state index contributed by atoms with van der Waals surface area (Å²) in [6.45, 7) is 2.47. The van der Waals surface area contributed by atoms with E-state index in [1.807, 2.05) is 12.3 Å². The van der Waals surface area contributed by atoms with Crippen LogP contribution in [0, 0.1) is 0 Å². The zero-order valence-corrected chi connectivity index (χ0v) is 9.70. The van der Waals surface area contributed by atoms with Crippen LogP contribution in [0.25, 0.3) is 0 Å². The maximum absolute atomic E-state index is 11.3. The van der Waals surface area contributed by atoms with Crippen LogP contribution < -0.4 is 11.1 Å². The Kier molecular flexibility index (Phi) is 4.71. The Balaban J connectivity index is 2.32.